The third-order valence-corrected chi connectivity index (χ3v) is 4.90. The van der Waals surface area contributed by atoms with Gasteiger partial charge in [-0.15, -0.1) is 0 Å². The van der Waals surface area contributed by atoms with Gasteiger partial charge in [-0.3, -0.25) is 4.79 Å². The molecular formula is C12H15NO5S. The van der Waals surface area contributed by atoms with Crippen molar-refractivity contribution in [2.45, 2.75) is 17.4 Å². The topological polar surface area (TPSA) is 83.9 Å². The second-order valence-corrected chi connectivity index (χ2v) is 6.15. The number of ether oxygens (including phenoxy) is 1. The van der Waals surface area contributed by atoms with Gasteiger partial charge in [-0.2, -0.15) is 4.31 Å². The first-order valence-electron chi connectivity index (χ1n) is 5.88. The molecule has 0 amide bonds. The monoisotopic (exact) mass is 285 g/mol. The van der Waals surface area contributed by atoms with Crippen molar-refractivity contribution in [3.05, 3.63) is 30.3 Å². The number of carbonyl (C=O) groups is 1. The van der Waals surface area contributed by atoms with Crippen LogP contribution in [0.25, 0.3) is 0 Å². The molecule has 0 bridgehead atoms. The van der Waals surface area contributed by atoms with Gasteiger partial charge in [0, 0.05) is 6.54 Å². The Hall–Kier alpha value is -1.44. The lowest BCUT2D eigenvalue weighted by molar-refractivity contribution is -0.139. The molecule has 1 unspecified atom stereocenters. The van der Waals surface area contributed by atoms with Crippen molar-refractivity contribution < 1.29 is 23.1 Å². The SMILES string of the molecule is O=C(O)CC1COCCN1S(=O)(=O)c1ccccc1. The first kappa shape index (κ1) is 14.0. The van der Waals surface area contributed by atoms with E-state index in [-0.39, 0.29) is 31.1 Å². The van der Waals surface area contributed by atoms with Crippen molar-refractivity contribution in [2.24, 2.45) is 0 Å². The number of rotatable bonds is 4. The Bertz CT molecular complexity index is 542. The average molecular weight is 285 g/mol. The quantitative estimate of drug-likeness (QED) is 0.873. The molecule has 6 nitrogen and oxygen atoms in total. The van der Waals surface area contributed by atoms with Gasteiger partial charge in [0.25, 0.3) is 0 Å². The number of carboxylic acids is 1. The zero-order chi connectivity index (χ0) is 13.9. The van der Waals surface area contributed by atoms with Crippen LogP contribution in [-0.4, -0.2) is 49.6 Å². The number of aliphatic carboxylic acids is 1. The highest BCUT2D eigenvalue weighted by atomic mass is 32.2. The van der Waals surface area contributed by atoms with Gasteiger partial charge in [-0.1, -0.05) is 18.2 Å². The van der Waals surface area contributed by atoms with Crippen LogP contribution in [0.3, 0.4) is 0 Å². The Morgan fingerprint density at radius 3 is 2.68 bits per heavy atom. The van der Waals surface area contributed by atoms with Crippen LogP contribution in [-0.2, 0) is 19.6 Å². The maximum absolute atomic E-state index is 12.5. The summed E-state index contributed by atoms with van der Waals surface area (Å²) in [4.78, 5) is 11.0. The van der Waals surface area contributed by atoms with Gasteiger partial charge in [-0.25, -0.2) is 8.42 Å². The molecule has 1 fully saturated rings. The fourth-order valence-corrected chi connectivity index (χ4v) is 3.66. The van der Waals surface area contributed by atoms with Crippen molar-refractivity contribution >= 4 is 16.0 Å². The van der Waals surface area contributed by atoms with Gasteiger partial charge in [0.15, 0.2) is 0 Å². The van der Waals surface area contributed by atoms with Gasteiger partial charge in [0.05, 0.1) is 30.6 Å². The summed E-state index contributed by atoms with van der Waals surface area (Å²) in [5.74, 6) is -1.04. The molecule has 1 aliphatic heterocycles. The zero-order valence-electron chi connectivity index (χ0n) is 10.2. The highest BCUT2D eigenvalue weighted by Crippen LogP contribution is 2.21. The van der Waals surface area contributed by atoms with Crippen LogP contribution in [0.2, 0.25) is 0 Å². The summed E-state index contributed by atoms with van der Waals surface area (Å²) < 4.78 is 31.3. The number of sulfonamides is 1. The summed E-state index contributed by atoms with van der Waals surface area (Å²) in [5.41, 5.74) is 0. The number of nitrogens with zero attached hydrogens (tertiary/aromatic N) is 1. The Labute approximate surface area is 111 Å². The van der Waals surface area contributed by atoms with Crippen LogP contribution in [0.5, 0.6) is 0 Å². The van der Waals surface area contributed by atoms with Gasteiger partial charge in [0.1, 0.15) is 0 Å². The number of hydrogen-bond donors (Lipinski definition) is 1. The van der Waals surface area contributed by atoms with E-state index in [0.29, 0.717) is 0 Å². The van der Waals surface area contributed by atoms with E-state index in [4.69, 9.17) is 9.84 Å². The summed E-state index contributed by atoms with van der Waals surface area (Å²) >= 11 is 0. The van der Waals surface area contributed by atoms with E-state index in [9.17, 15) is 13.2 Å². The third-order valence-electron chi connectivity index (χ3n) is 2.93. The summed E-state index contributed by atoms with van der Waals surface area (Å²) in [5, 5.41) is 8.84. The van der Waals surface area contributed by atoms with Crippen LogP contribution in [0.1, 0.15) is 6.42 Å². The largest absolute Gasteiger partial charge is 0.481 e. The molecule has 1 aliphatic rings. The standard InChI is InChI=1S/C12H15NO5S/c14-12(15)8-10-9-18-7-6-13(10)19(16,17)11-4-2-1-3-5-11/h1-5,10H,6-9H2,(H,14,15). The molecule has 0 radical (unpaired) electrons. The molecule has 1 heterocycles. The molecule has 1 N–H and O–H groups in total. The molecule has 0 saturated carbocycles. The van der Waals surface area contributed by atoms with Gasteiger partial charge >= 0.3 is 5.97 Å². The maximum atomic E-state index is 12.5. The lowest BCUT2D eigenvalue weighted by Gasteiger charge is -2.33. The number of carboxylic acid groups (broad SMARTS) is 1. The first-order valence-corrected chi connectivity index (χ1v) is 7.32. The highest BCUT2D eigenvalue weighted by molar-refractivity contribution is 7.89. The van der Waals surface area contributed by atoms with E-state index < -0.39 is 22.0 Å². The van der Waals surface area contributed by atoms with Crippen molar-refractivity contribution in [1.29, 1.82) is 0 Å². The molecular weight excluding hydrogens is 270 g/mol. The number of morpholine rings is 1. The minimum absolute atomic E-state index is 0.109. The summed E-state index contributed by atoms with van der Waals surface area (Å²) in [6.45, 7) is 0.565. The van der Waals surface area contributed by atoms with E-state index in [1.54, 1.807) is 18.2 Å². The van der Waals surface area contributed by atoms with Crippen molar-refractivity contribution in [3.8, 4) is 0 Å². The Morgan fingerprint density at radius 2 is 2.05 bits per heavy atom. The normalized spacial score (nSPS) is 21.2. The lowest BCUT2D eigenvalue weighted by Crippen LogP contribution is -2.49. The number of hydrogen-bond acceptors (Lipinski definition) is 4. The summed E-state index contributed by atoms with van der Waals surface area (Å²) in [7, 11) is -3.67. The van der Waals surface area contributed by atoms with Crippen molar-refractivity contribution in [2.75, 3.05) is 19.8 Å². The van der Waals surface area contributed by atoms with E-state index in [1.807, 2.05) is 0 Å². The molecule has 1 aromatic carbocycles. The Balaban J connectivity index is 2.29. The van der Waals surface area contributed by atoms with Crippen molar-refractivity contribution in [3.63, 3.8) is 0 Å². The molecule has 0 aromatic heterocycles. The summed E-state index contributed by atoms with van der Waals surface area (Å²) in [6.07, 6.45) is -0.258. The van der Waals surface area contributed by atoms with Gasteiger partial charge in [0.2, 0.25) is 10.0 Å². The fraction of sp³-hybridized carbons (Fsp3) is 0.417. The van der Waals surface area contributed by atoms with Crippen LogP contribution in [0.4, 0.5) is 0 Å². The van der Waals surface area contributed by atoms with Crippen LogP contribution in [0, 0.1) is 0 Å². The second-order valence-electron chi connectivity index (χ2n) is 4.26. The number of benzene rings is 1. The van der Waals surface area contributed by atoms with E-state index in [0.717, 1.165) is 0 Å². The average Bonchev–Trinajstić information content (AvgIpc) is 2.39. The maximum Gasteiger partial charge on any atom is 0.305 e. The van der Waals surface area contributed by atoms with Gasteiger partial charge in [-0.05, 0) is 12.1 Å². The Morgan fingerprint density at radius 1 is 1.37 bits per heavy atom. The second kappa shape index (κ2) is 5.68. The van der Waals surface area contributed by atoms with E-state index in [1.165, 1.54) is 16.4 Å². The zero-order valence-corrected chi connectivity index (χ0v) is 11.0. The van der Waals surface area contributed by atoms with Crippen LogP contribution >= 0.6 is 0 Å². The lowest BCUT2D eigenvalue weighted by atomic mass is 10.2. The van der Waals surface area contributed by atoms with Gasteiger partial charge < -0.3 is 9.84 Å². The minimum Gasteiger partial charge on any atom is -0.481 e. The highest BCUT2D eigenvalue weighted by Gasteiger charge is 2.35. The molecule has 1 aromatic rings. The van der Waals surface area contributed by atoms with E-state index in [2.05, 4.69) is 0 Å². The van der Waals surface area contributed by atoms with Crippen LogP contribution < -0.4 is 0 Å². The first-order chi connectivity index (χ1) is 9.01. The molecule has 0 aliphatic carbocycles. The molecule has 1 saturated heterocycles. The molecule has 2 rings (SSSR count). The van der Waals surface area contributed by atoms with E-state index >= 15 is 0 Å². The van der Waals surface area contributed by atoms with Crippen LogP contribution in [0.15, 0.2) is 35.2 Å². The molecule has 19 heavy (non-hydrogen) atoms. The molecule has 104 valence electrons. The minimum atomic E-state index is -3.67. The summed E-state index contributed by atoms with van der Waals surface area (Å²) in [6, 6.07) is 7.36. The predicted octanol–water partition coefficient (Wildman–Crippen LogP) is 0.551. The molecule has 1 atom stereocenters. The molecule has 0 spiro atoms. The molecule has 7 heteroatoms. The Kier molecular flexibility index (Phi) is 4.18. The predicted molar refractivity (Wildman–Crippen MR) is 67.2 cm³/mol. The van der Waals surface area contributed by atoms with Crippen molar-refractivity contribution in [1.82, 2.24) is 4.31 Å². The third kappa shape index (κ3) is 3.12. The smallest absolute Gasteiger partial charge is 0.305 e. The fourth-order valence-electron chi connectivity index (χ4n) is 2.05.